The predicted octanol–water partition coefficient (Wildman–Crippen LogP) is 0.0297. The van der Waals surface area contributed by atoms with Gasteiger partial charge in [0.1, 0.15) is 5.03 Å². The van der Waals surface area contributed by atoms with E-state index in [0.717, 1.165) is 0 Å². The Morgan fingerprint density at radius 1 is 1.75 bits per heavy atom. The summed E-state index contributed by atoms with van der Waals surface area (Å²) in [7, 11) is 0. The number of rotatable bonds is 1. The van der Waals surface area contributed by atoms with Crippen LogP contribution in [-0.2, 0) is 4.79 Å². The quantitative estimate of drug-likeness (QED) is 0.423. The second kappa shape index (κ2) is 5.17. The molecule has 0 aromatic heterocycles. The Morgan fingerprint density at radius 3 is 2.12 bits per heavy atom. The molecular formula is C4H8AlClO2. The first kappa shape index (κ1) is 10.9. The summed E-state index contributed by atoms with van der Waals surface area (Å²) in [5, 5.41) is 7.84. The Labute approximate surface area is 63.3 Å². The maximum Gasteiger partial charge on any atom is 0.346 e. The topological polar surface area (TPSA) is 37.3 Å². The Balaban J connectivity index is 0. The Bertz CT molecular complexity index is 111. The van der Waals surface area contributed by atoms with Crippen LogP contribution in [0.5, 0.6) is 0 Å². The van der Waals surface area contributed by atoms with E-state index in [0.29, 0.717) is 0 Å². The number of halogens is 1. The maximum absolute atomic E-state index is 9.73. The lowest BCUT2D eigenvalue weighted by Gasteiger charge is -1.81. The van der Waals surface area contributed by atoms with Gasteiger partial charge in [0.05, 0.1) is 0 Å². The summed E-state index contributed by atoms with van der Waals surface area (Å²) in [6.07, 6.45) is 1.32. The predicted molar refractivity (Wildman–Crippen MR) is 37.2 cm³/mol. The van der Waals surface area contributed by atoms with Gasteiger partial charge in [0, 0.05) is 0 Å². The molecule has 0 saturated heterocycles. The minimum Gasteiger partial charge on any atom is -0.477 e. The molecule has 0 aromatic carbocycles. The van der Waals surface area contributed by atoms with Gasteiger partial charge < -0.3 is 5.11 Å². The number of carboxylic acids is 1. The molecule has 0 bridgehead atoms. The van der Waals surface area contributed by atoms with E-state index in [-0.39, 0.29) is 22.4 Å². The fourth-order valence-electron chi connectivity index (χ4n) is 0.123. The standard InChI is InChI=1S/C4H5ClO2.Al.3H/c1-2-3(5)4(6)7;;;;/h2H,1H3,(H,6,7);;;;/b3-2-;;;;. The van der Waals surface area contributed by atoms with Crippen LogP contribution in [0, 0.1) is 0 Å². The Morgan fingerprint density at radius 2 is 2.12 bits per heavy atom. The van der Waals surface area contributed by atoms with Crippen molar-refractivity contribution in [3.8, 4) is 0 Å². The zero-order valence-corrected chi connectivity index (χ0v) is 4.57. The third-order valence-electron chi connectivity index (χ3n) is 0.458. The fraction of sp³-hybridized carbons (Fsp3) is 0.250. The van der Waals surface area contributed by atoms with E-state index in [1.54, 1.807) is 6.92 Å². The average molecular weight is 151 g/mol. The highest BCUT2D eigenvalue weighted by Crippen LogP contribution is 1.97. The molecule has 0 saturated carbocycles. The largest absolute Gasteiger partial charge is 0.477 e. The lowest BCUT2D eigenvalue weighted by atomic mass is 10.5. The number of hydrogen-bond donors (Lipinski definition) is 1. The van der Waals surface area contributed by atoms with Gasteiger partial charge in [-0.2, -0.15) is 0 Å². The van der Waals surface area contributed by atoms with Gasteiger partial charge in [-0.1, -0.05) is 17.7 Å². The molecule has 0 unspecified atom stereocenters. The zero-order chi connectivity index (χ0) is 5.86. The van der Waals surface area contributed by atoms with Crippen molar-refractivity contribution in [1.29, 1.82) is 0 Å². The van der Waals surface area contributed by atoms with Gasteiger partial charge in [0.2, 0.25) is 0 Å². The summed E-state index contributed by atoms with van der Waals surface area (Å²) in [5.74, 6) is -1.08. The summed E-state index contributed by atoms with van der Waals surface area (Å²) in [4.78, 5) is 9.73. The van der Waals surface area contributed by atoms with Crippen LogP contribution in [0.2, 0.25) is 0 Å². The summed E-state index contributed by atoms with van der Waals surface area (Å²) in [5.41, 5.74) is 0. The number of aliphatic carboxylic acids is 1. The van der Waals surface area contributed by atoms with Crippen LogP contribution < -0.4 is 0 Å². The minimum absolute atomic E-state index is 0. The van der Waals surface area contributed by atoms with Crippen LogP contribution in [0.3, 0.4) is 0 Å². The molecule has 0 fully saturated rings. The van der Waals surface area contributed by atoms with Crippen LogP contribution in [0.25, 0.3) is 0 Å². The van der Waals surface area contributed by atoms with Crippen molar-refractivity contribution in [3.63, 3.8) is 0 Å². The van der Waals surface area contributed by atoms with E-state index in [1.807, 2.05) is 0 Å². The molecule has 1 N–H and O–H groups in total. The third kappa shape index (κ3) is 4.20. The summed E-state index contributed by atoms with van der Waals surface area (Å²) < 4.78 is 0. The zero-order valence-electron chi connectivity index (χ0n) is 3.81. The van der Waals surface area contributed by atoms with E-state index < -0.39 is 5.97 Å². The van der Waals surface area contributed by atoms with Gasteiger partial charge in [-0.05, 0) is 6.92 Å². The molecule has 0 aliphatic carbocycles. The first-order chi connectivity index (χ1) is 3.18. The molecular weight excluding hydrogens is 142 g/mol. The van der Waals surface area contributed by atoms with Gasteiger partial charge >= 0.3 is 5.97 Å². The lowest BCUT2D eigenvalue weighted by molar-refractivity contribution is -0.131. The monoisotopic (exact) mass is 150 g/mol. The van der Waals surface area contributed by atoms with Crippen molar-refractivity contribution >= 4 is 34.9 Å². The van der Waals surface area contributed by atoms with Crippen LogP contribution in [-0.4, -0.2) is 28.4 Å². The minimum atomic E-state index is -1.08. The SMILES string of the molecule is C/C=C(\Cl)C(=O)O.[AlH3]. The number of carbonyl (C=O) groups is 1. The van der Waals surface area contributed by atoms with Gasteiger partial charge in [0.25, 0.3) is 0 Å². The molecule has 0 rings (SSSR count). The molecule has 0 aliphatic rings. The first-order valence-electron chi connectivity index (χ1n) is 1.73. The normalized spacial score (nSPS) is 10.0. The van der Waals surface area contributed by atoms with E-state index in [1.165, 1.54) is 6.08 Å². The number of hydrogen-bond acceptors (Lipinski definition) is 1. The van der Waals surface area contributed by atoms with Crippen LogP contribution >= 0.6 is 11.6 Å². The van der Waals surface area contributed by atoms with Gasteiger partial charge in [0.15, 0.2) is 17.4 Å². The van der Waals surface area contributed by atoms with Crippen LogP contribution in [0.1, 0.15) is 6.92 Å². The van der Waals surface area contributed by atoms with E-state index >= 15 is 0 Å². The molecule has 0 amide bonds. The van der Waals surface area contributed by atoms with Gasteiger partial charge in [-0.15, -0.1) is 0 Å². The van der Waals surface area contributed by atoms with Crippen molar-refractivity contribution < 1.29 is 9.90 Å². The fourth-order valence-corrected chi connectivity index (χ4v) is 0.123. The summed E-state index contributed by atoms with van der Waals surface area (Å²) in [6.45, 7) is 1.57. The molecule has 0 radical (unpaired) electrons. The molecule has 46 valence electrons. The number of carboxylic acid groups (broad SMARTS) is 1. The highest BCUT2D eigenvalue weighted by molar-refractivity contribution is 6.40. The van der Waals surface area contributed by atoms with Crippen LogP contribution in [0.4, 0.5) is 0 Å². The lowest BCUT2D eigenvalue weighted by Crippen LogP contribution is -1.91. The molecule has 0 heterocycles. The third-order valence-corrected chi connectivity index (χ3v) is 0.838. The van der Waals surface area contributed by atoms with Gasteiger partial charge in [-0.3, -0.25) is 0 Å². The van der Waals surface area contributed by atoms with E-state index in [9.17, 15) is 4.79 Å². The summed E-state index contributed by atoms with van der Waals surface area (Å²) >= 11 is 5.06. The van der Waals surface area contributed by atoms with Crippen molar-refractivity contribution in [2.75, 3.05) is 0 Å². The van der Waals surface area contributed by atoms with Crippen molar-refractivity contribution in [3.05, 3.63) is 11.1 Å². The Kier molecular flexibility index (Phi) is 7.06. The molecule has 0 atom stereocenters. The highest BCUT2D eigenvalue weighted by atomic mass is 35.5. The second-order valence-corrected chi connectivity index (χ2v) is 1.35. The molecule has 0 spiro atoms. The maximum atomic E-state index is 9.73. The van der Waals surface area contributed by atoms with Crippen molar-refractivity contribution in [2.24, 2.45) is 0 Å². The average Bonchev–Trinajstić information content (AvgIpc) is 1.65. The van der Waals surface area contributed by atoms with Crippen molar-refractivity contribution in [2.45, 2.75) is 6.92 Å². The molecule has 8 heavy (non-hydrogen) atoms. The van der Waals surface area contributed by atoms with Crippen molar-refractivity contribution in [1.82, 2.24) is 0 Å². The van der Waals surface area contributed by atoms with Crippen LogP contribution in [0.15, 0.2) is 11.1 Å². The molecule has 0 aromatic rings. The highest BCUT2D eigenvalue weighted by Gasteiger charge is 1.96. The molecule has 0 aliphatic heterocycles. The molecule has 4 heteroatoms. The summed E-state index contributed by atoms with van der Waals surface area (Å²) in [6, 6.07) is 0. The second-order valence-electron chi connectivity index (χ2n) is 0.942. The smallest absolute Gasteiger partial charge is 0.346 e. The van der Waals surface area contributed by atoms with Gasteiger partial charge in [-0.25, -0.2) is 4.79 Å². The number of allylic oxidation sites excluding steroid dienone is 1. The first-order valence-corrected chi connectivity index (χ1v) is 2.11. The Hall–Kier alpha value is 0.0325. The molecule has 2 nitrogen and oxygen atoms in total. The van der Waals surface area contributed by atoms with E-state index in [2.05, 4.69) is 0 Å². The van der Waals surface area contributed by atoms with E-state index in [4.69, 9.17) is 16.7 Å².